The SMILES string of the molecule is CCCCCCNC(CCCC)C(=O)O. The van der Waals surface area contributed by atoms with E-state index in [-0.39, 0.29) is 6.04 Å². The fourth-order valence-corrected chi connectivity index (χ4v) is 1.55. The first-order valence-electron chi connectivity index (χ1n) is 6.18. The number of carboxylic acids is 1. The van der Waals surface area contributed by atoms with Gasteiger partial charge in [-0.1, -0.05) is 46.0 Å². The molecule has 90 valence electrons. The fourth-order valence-electron chi connectivity index (χ4n) is 1.55. The van der Waals surface area contributed by atoms with E-state index in [4.69, 9.17) is 5.11 Å². The molecule has 1 unspecified atom stereocenters. The summed E-state index contributed by atoms with van der Waals surface area (Å²) in [5.74, 6) is -0.709. The van der Waals surface area contributed by atoms with Crippen molar-refractivity contribution >= 4 is 5.97 Å². The molecule has 1 atom stereocenters. The van der Waals surface area contributed by atoms with Gasteiger partial charge in [-0.15, -0.1) is 0 Å². The molecule has 3 heteroatoms. The molecule has 0 aliphatic heterocycles. The van der Waals surface area contributed by atoms with Gasteiger partial charge in [0.05, 0.1) is 0 Å². The third-order valence-corrected chi connectivity index (χ3v) is 2.57. The standard InChI is InChI=1S/C12H25NO2/c1-3-5-7-8-10-13-11(12(14)15)9-6-4-2/h11,13H,3-10H2,1-2H3,(H,14,15). The van der Waals surface area contributed by atoms with E-state index in [1.165, 1.54) is 19.3 Å². The Morgan fingerprint density at radius 2 is 1.80 bits per heavy atom. The van der Waals surface area contributed by atoms with Crippen molar-refractivity contribution in [2.45, 2.75) is 64.8 Å². The van der Waals surface area contributed by atoms with Crippen LogP contribution in [-0.4, -0.2) is 23.7 Å². The topological polar surface area (TPSA) is 49.3 Å². The van der Waals surface area contributed by atoms with Crippen molar-refractivity contribution in [3.63, 3.8) is 0 Å². The van der Waals surface area contributed by atoms with Gasteiger partial charge < -0.3 is 10.4 Å². The van der Waals surface area contributed by atoms with E-state index < -0.39 is 5.97 Å². The van der Waals surface area contributed by atoms with E-state index in [1.807, 2.05) is 0 Å². The van der Waals surface area contributed by atoms with Crippen molar-refractivity contribution in [1.82, 2.24) is 5.32 Å². The van der Waals surface area contributed by atoms with Gasteiger partial charge in [0.1, 0.15) is 6.04 Å². The smallest absolute Gasteiger partial charge is 0.320 e. The van der Waals surface area contributed by atoms with Crippen LogP contribution >= 0.6 is 0 Å². The predicted octanol–water partition coefficient (Wildman–Crippen LogP) is 2.80. The molecule has 0 aliphatic carbocycles. The molecule has 0 aromatic heterocycles. The van der Waals surface area contributed by atoms with E-state index >= 15 is 0 Å². The summed E-state index contributed by atoms with van der Waals surface area (Å²) in [5.41, 5.74) is 0. The lowest BCUT2D eigenvalue weighted by Crippen LogP contribution is -2.37. The van der Waals surface area contributed by atoms with Crippen LogP contribution < -0.4 is 5.32 Å². The van der Waals surface area contributed by atoms with Crippen molar-refractivity contribution in [3.8, 4) is 0 Å². The molecule has 3 nitrogen and oxygen atoms in total. The summed E-state index contributed by atoms with van der Waals surface area (Å²) in [4.78, 5) is 10.9. The number of hydrogen-bond acceptors (Lipinski definition) is 2. The van der Waals surface area contributed by atoms with Crippen molar-refractivity contribution < 1.29 is 9.90 Å². The number of hydrogen-bond donors (Lipinski definition) is 2. The molecule has 0 bridgehead atoms. The van der Waals surface area contributed by atoms with Crippen LogP contribution in [0.3, 0.4) is 0 Å². The average molecular weight is 215 g/mol. The highest BCUT2D eigenvalue weighted by atomic mass is 16.4. The van der Waals surface area contributed by atoms with Crippen LogP contribution in [0.15, 0.2) is 0 Å². The van der Waals surface area contributed by atoms with Gasteiger partial charge in [0.25, 0.3) is 0 Å². The van der Waals surface area contributed by atoms with Crippen LogP contribution in [0, 0.1) is 0 Å². The molecule has 0 saturated carbocycles. The van der Waals surface area contributed by atoms with Gasteiger partial charge in [0, 0.05) is 0 Å². The second-order valence-electron chi connectivity index (χ2n) is 4.05. The number of nitrogens with one attached hydrogen (secondary N) is 1. The molecule has 0 amide bonds. The first kappa shape index (κ1) is 14.4. The summed E-state index contributed by atoms with van der Waals surface area (Å²) in [5, 5.41) is 12.1. The second-order valence-corrected chi connectivity index (χ2v) is 4.05. The maximum atomic E-state index is 10.9. The minimum absolute atomic E-state index is 0.341. The Morgan fingerprint density at radius 1 is 1.13 bits per heavy atom. The van der Waals surface area contributed by atoms with Crippen LogP contribution in [-0.2, 0) is 4.79 Å². The van der Waals surface area contributed by atoms with Gasteiger partial charge in [0.2, 0.25) is 0 Å². The maximum absolute atomic E-state index is 10.9. The molecule has 0 rings (SSSR count). The third kappa shape index (κ3) is 8.43. The number of aliphatic carboxylic acids is 1. The Balaban J connectivity index is 3.53. The molecule has 0 saturated heterocycles. The number of carbonyl (C=O) groups is 1. The first-order valence-corrected chi connectivity index (χ1v) is 6.18. The van der Waals surface area contributed by atoms with Crippen molar-refractivity contribution in [2.75, 3.05) is 6.54 Å². The Kier molecular flexibility index (Phi) is 9.59. The Morgan fingerprint density at radius 3 is 2.33 bits per heavy atom. The number of rotatable bonds is 10. The van der Waals surface area contributed by atoms with Crippen molar-refractivity contribution in [2.24, 2.45) is 0 Å². The fraction of sp³-hybridized carbons (Fsp3) is 0.917. The summed E-state index contributed by atoms with van der Waals surface area (Å²) >= 11 is 0. The molecule has 0 spiro atoms. The number of unbranched alkanes of at least 4 members (excludes halogenated alkanes) is 4. The molecule has 0 radical (unpaired) electrons. The second kappa shape index (κ2) is 9.97. The Hall–Kier alpha value is -0.570. The lowest BCUT2D eigenvalue weighted by atomic mass is 10.1. The van der Waals surface area contributed by atoms with Crippen LogP contribution in [0.4, 0.5) is 0 Å². The van der Waals surface area contributed by atoms with E-state index in [1.54, 1.807) is 0 Å². The monoisotopic (exact) mass is 215 g/mol. The Labute approximate surface area is 93.3 Å². The summed E-state index contributed by atoms with van der Waals surface area (Å²) < 4.78 is 0. The normalized spacial score (nSPS) is 12.7. The van der Waals surface area contributed by atoms with Gasteiger partial charge in [-0.2, -0.15) is 0 Å². The molecular weight excluding hydrogens is 190 g/mol. The molecule has 0 heterocycles. The van der Waals surface area contributed by atoms with E-state index in [0.717, 1.165) is 32.2 Å². The highest BCUT2D eigenvalue weighted by molar-refractivity contribution is 5.73. The summed E-state index contributed by atoms with van der Waals surface area (Å²) in [6, 6.07) is -0.341. The van der Waals surface area contributed by atoms with E-state index in [9.17, 15) is 4.79 Å². The van der Waals surface area contributed by atoms with Crippen LogP contribution in [0.25, 0.3) is 0 Å². The summed E-state index contributed by atoms with van der Waals surface area (Å²) in [6.07, 6.45) is 7.54. The molecule has 15 heavy (non-hydrogen) atoms. The van der Waals surface area contributed by atoms with Crippen LogP contribution in [0.2, 0.25) is 0 Å². The van der Waals surface area contributed by atoms with Gasteiger partial charge in [-0.05, 0) is 19.4 Å². The van der Waals surface area contributed by atoms with Gasteiger partial charge in [0.15, 0.2) is 0 Å². The minimum atomic E-state index is -0.709. The number of carboxylic acid groups (broad SMARTS) is 1. The molecule has 0 aromatic rings. The highest BCUT2D eigenvalue weighted by Gasteiger charge is 2.14. The zero-order valence-electron chi connectivity index (χ0n) is 10.1. The first-order chi connectivity index (χ1) is 7.22. The lowest BCUT2D eigenvalue weighted by molar-refractivity contribution is -0.139. The van der Waals surface area contributed by atoms with Crippen LogP contribution in [0.5, 0.6) is 0 Å². The molecule has 0 fully saturated rings. The quantitative estimate of drug-likeness (QED) is 0.551. The third-order valence-electron chi connectivity index (χ3n) is 2.57. The van der Waals surface area contributed by atoms with Crippen LogP contribution in [0.1, 0.15) is 58.8 Å². The molecular formula is C12H25NO2. The van der Waals surface area contributed by atoms with E-state index in [0.29, 0.717) is 0 Å². The van der Waals surface area contributed by atoms with Gasteiger partial charge >= 0.3 is 5.97 Å². The largest absolute Gasteiger partial charge is 0.480 e. The average Bonchev–Trinajstić information content (AvgIpc) is 2.21. The molecule has 2 N–H and O–H groups in total. The van der Waals surface area contributed by atoms with Gasteiger partial charge in [-0.3, -0.25) is 4.79 Å². The maximum Gasteiger partial charge on any atom is 0.320 e. The molecule has 0 aromatic carbocycles. The minimum Gasteiger partial charge on any atom is -0.480 e. The van der Waals surface area contributed by atoms with Crippen molar-refractivity contribution in [3.05, 3.63) is 0 Å². The summed E-state index contributed by atoms with van der Waals surface area (Å²) in [6.45, 7) is 5.09. The zero-order chi connectivity index (χ0) is 11.5. The summed E-state index contributed by atoms with van der Waals surface area (Å²) in [7, 11) is 0. The zero-order valence-corrected chi connectivity index (χ0v) is 10.1. The Bertz CT molecular complexity index is 160. The lowest BCUT2D eigenvalue weighted by Gasteiger charge is -2.13. The predicted molar refractivity (Wildman–Crippen MR) is 63.1 cm³/mol. The highest BCUT2D eigenvalue weighted by Crippen LogP contribution is 2.02. The van der Waals surface area contributed by atoms with E-state index in [2.05, 4.69) is 19.2 Å². The van der Waals surface area contributed by atoms with Crippen molar-refractivity contribution in [1.29, 1.82) is 0 Å². The molecule has 0 aliphatic rings. The van der Waals surface area contributed by atoms with Gasteiger partial charge in [-0.25, -0.2) is 0 Å².